The quantitative estimate of drug-likeness (QED) is 0.852. The Hall–Kier alpha value is -1.84. The van der Waals surface area contributed by atoms with Crippen molar-refractivity contribution in [3.63, 3.8) is 0 Å². The number of benzene rings is 1. The summed E-state index contributed by atoms with van der Waals surface area (Å²) in [4.78, 5) is 25.5. The number of ether oxygens (including phenoxy) is 1. The summed E-state index contributed by atoms with van der Waals surface area (Å²) >= 11 is 0. The molecule has 1 aromatic carbocycles. The molecular formula is C17H23NO3. The fraction of sp³-hybridized carbons (Fsp3) is 0.529. The van der Waals surface area contributed by atoms with Gasteiger partial charge in [-0.15, -0.1) is 0 Å². The van der Waals surface area contributed by atoms with Crippen LogP contribution in [0.3, 0.4) is 0 Å². The average Bonchev–Trinajstić information content (AvgIpc) is 2.72. The number of amides is 1. The van der Waals surface area contributed by atoms with Crippen LogP contribution in [0.15, 0.2) is 24.3 Å². The third-order valence-corrected chi connectivity index (χ3v) is 3.49. The molecule has 0 radical (unpaired) electrons. The second-order valence-electron chi connectivity index (χ2n) is 6.58. The van der Waals surface area contributed by atoms with E-state index in [1.54, 1.807) is 11.8 Å². The molecule has 0 unspecified atom stereocenters. The van der Waals surface area contributed by atoms with Crippen molar-refractivity contribution in [2.45, 2.75) is 58.6 Å². The van der Waals surface area contributed by atoms with Gasteiger partial charge < -0.3 is 9.53 Å². The third-order valence-electron chi connectivity index (χ3n) is 3.49. The summed E-state index contributed by atoms with van der Waals surface area (Å²) in [5.74, 6) is 0.148. The van der Waals surface area contributed by atoms with Crippen molar-refractivity contribution in [1.29, 1.82) is 0 Å². The number of hydrogen-bond donors (Lipinski definition) is 0. The van der Waals surface area contributed by atoms with Gasteiger partial charge in [-0.1, -0.05) is 18.2 Å². The van der Waals surface area contributed by atoms with Gasteiger partial charge in [-0.25, -0.2) is 4.79 Å². The van der Waals surface area contributed by atoms with Crippen molar-refractivity contribution < 1.29 is 14.3 Å². The summed E-state index contributed by atoms with van der Waals surface area (Å²) in [6, 6.07) is 7.86. The van der Waals surface area contributed by atoms with Crippen molar-refractivity contribution >= 4 is 17.6 Å². The summed E-state index contributed by atoms with van der Waals surface area (Å²) in [6.45, 7) is 7.16. The fourth-order valence-electron chi connectivity index (χ4n) is 2.62. The first-order valence-electron chi connectivity index (χ1n) is 7.37. The van der Waals surface area contributed by atoms with Crippen molar-refractivity contribution in [3.8, 4) is 0 Å². The van der Waals surface area contributed by atoms with Crippen LogP contribution in [-0.4, -0.2) is 23.5 Å². The number of hydrogen-bond acceptors (Lipinski definition) is 3. The van der Waals surface area contributed by atoms with E-state index in [0.717, 1.165) is 17.7 Å². The van der Waals surface area contributed by atoms with Crippen LogP contribution in [0.2, 0.25) is 0 Å². The second-order valence-corrected chi connectivity index (χ2v) is 6.58. The average molecular weight is 289 g/mol. The Bertz CT molecular complexity index is 545. The minimum atomic E-state index is -0.528. The molecule has 1 amide bonds. The van der Waals surface area contributed by atoms with E-state index in [2.05, 4.69) is 0 Å². The van der Waals surface area contributed by atoms with Crippen LogP contribution in [0, 0.1) is 0 Å². The molecule has 0 N–H and O–H groups in total. The first-order chi connectivity index (χ1) is 9.78. The molecule has 2 rings (SSSR count). The van der Waals surface area contributed by atoms with Crippen molar-refractivity contribution in [2.75, 3.05) is 4.90 Å². The zero-order chi connectivity index (χ0) is 15.6. The molecule has 4 heteroatoms. The summed E-state index contributed by atoms with van der Waals surface area (Å²) in [6.07, 6.45) is 1.60. The molecule has 1 aromatic rings. The topological polar surface area (TPSA) is 46.6 Å². The fourth-order valence-corrected chi connectivity index (χ4v) is 2.62. The molecule has 1 aliphatic heterocycles. The molecule has 0 bridgehead atoms. The van der Waals surface area contributed by atoms with E-state index in [-0.39, 0.29) is 17.9 Å². The van der Waals surface area contributed by atoms with Gasteiger partial charge >= 0.3 is 6.09 Å². The summed E-state index contributed by atoms with van der Waals surface area (Å²) in [5, 5.41) is 0. The second kappa shape index (κ2) is 5.88. The van der Waals surface area contributed by atoms with Crippen LogP contribution < -0.4 is 4.90 Å². The standard InChI is InChI=1S/C17H23NO3/c1-12(19)9-10-14-11-13-7-5-6-8-15(13)18(14)16(20)21-17(2,3)4/h5-8,14H,9-11H2,1-4H3/t14-/m0/s1. The lowest BCUT2D eigenvalue weighted by molar-refractivity contribution is -0.117. The Morgan fingerprint density at radius 2 is 1.95 bits per heavy atom. The van der Waals surface area contributed by atoms with Gasteiger partial charge in [0.2, 0.25) is 0 Å². The van der Waals surface area contributed by atoms with Gasteiger partial charge in [0, 0.05) is 12.5 Å². The zero-order valence-corrected chi connectivity index (χ0v) is 13.2. The zero-order valence-electron chi connectivity index (χ0n) is 13.2. The number of nitrogens with zero attached hydrogens (tertiary/aromatic N) is 1. The van der Waals surface area contributed by atoms with Gasteiger partial charge in [0.1, 0.15) is 11.4 Å². The minimum Gasteiger partial charge on any atom is -0.443 e. The van der Waals surface area contributed by atoms with Gasteiger partial charge in [0.15, 0.2) is 0 Å². The van der Waals surface area contributed by atoms with E-state index >= 15 is 0 Å². The number of ketones is 1. The summed E-state index contributed by atoms with van der Waals surface area (Å²) in [7, 11) is 0. The maximum absolute atomic E-state index is 12.5. The van der Waals surface area contributed by atoms with E-state index in [0.29, 0.717) is 12.8 Å². The molecule has 114 valence electrons. The largest absolute Gasteiger partial charge is 0.443 e. The molecular weight excluding hydrogens is 266 g/mol. The highest BCUT2D eigenvalue weighted by molar-refractivity contribution is 5.91. The number of Topliss-reactive ketones (excluding diaryl/α,β-unsaturated/α-hetero) is 1. The Morgan fingerprint density at radius 3 is 2.57 bits per heavy atom. The lowest BCUT2D eigenvalue weighted by Crippen LogP contribution is -2.41. The maximum atomic E-state index is 12.5. The molecule has 0 aliphatic carbocycles. The number of rotatable bonds is 3. The van der Waals surface area contributed by atoms with Crippen LogP contribution in [0.25, 0.3) is 0 Å². The van der Waals surface area contributed by atoms with E-state index < -0.39 is 5.60 Å². The van der Waals surface area contributed by atoms with Gasteiger partial charge in [-0.3, -0.25) is 4.90 Å². The predicted molar refractivity (Wildman–Crippen MR) is 82.6 cm³/mol. The molecule has 21 heavy (non-hydrogen) atoms. The van der Waals surface area contributed by atoms with Crippen molar-refractivity contribution in [3.05, 3.63) is 29.8 Å². The lowest BCUT2D eigenvalue weighted by Gasteiger charge is -2.29. The van der Waals surface area contributed by atoms with Gasteiger partial charge in [0.25, 0.3) is 0 Å². The Morgan fingerprint density at radius 1 is 1.29 bits per heavy atom. The number of fused-ring (bicyclic) bond motifs is 1. The monoisotopic (exact) mass is 289 g/mol. The van der Waals surface area contributed by atoms with E-state index in [4.69, 9.17) is 4.74 Å². The number of anilines is 1. The summed E-state index contributed by atoms with van der Waals surface area (Å²) in [5.41, 5.74) is 1.51. The molecule has 1 aliphatic rings. The summed E-state index contributed by atoms with van der Waals surface area (Å²) < 4.78 is 5.52. The smallest absolute Gasteiger partial charge is 0.415 e. The SMILES string of the molecule is CC(=O)CC[C@H]1Cc2ccccc2N1C(=O)OC(C)(C)C. The van der Waals surface area contributed by atoms with E-state index in [9.17, 15) is 9.59 Å². The number of carbonyl (C=O) groups excluding carboxylic acids is 2. The van der Waals surface area contributed by atoms with Gasteiger partial charge in [0.05, 0.1) is 5.69 Å². The van der Waals surface area contributed by atoms with Crippen LogP contribution in [0.5, 0.6) is 0 Å². The molecule has 0 saturated carbocycles. The first-order valence-corrected chi connectivity index (χ1v) is 7.37. The molecule has 0 saturated heterocycles. The highest BCUT2D eigenvalue weighted by Gasteiger charge is 2.36. The highest BCUT2D eigenvalue weighted by atomic mass is 16.6. The molecule has 0 spiro atoms. The van der Waals surface area contributed by atoms with Gasteiger partial charge in [-0.2, -0.15) is 0 Å². The first kappa shape index (κ1) is 15.5. The van der Waals surface area contributed by atoms with Crippen molar-refractivity contribution in [2.24, 2.45) is 0 Å². The molecule has 1 atom stereocenters. The van der Waals surface area contributed by atoms with E-state index in [1.807, 2.05) is 45.0 Å². The minimum absolute atomic E-state index is 0.00106. The van der Waals surface area contributed by atoms with Crippen LogP contribution >= 0.6 is 0 Å². The molecule has 1 heterocycles. The molecule has 0 aromatic heterocycles. The van der Waals surface area contributed by atoms with Crippen LogP contribution in [0.1, 0.15) is 46.1 Å². The number of para-hydroxylation sites is 1. The third kappa shape index (κ3) is 3.84. The normalized spacial score (nSPS) is 17.5. The molecule has 4 nitrogen and oxygen atoms in total. The lowest BCUT2D eigenvalue weighted by atomic mass is 10.0. The number of carbonyl (C=O) groups is 2. The Balaban J connectivity index is 2.22. The maximum Gasteiger partial charge on any atom is 0.415 e. The van der Waals surface area contributed by atoms with Crippen LogP contribution in [-0.2, 0) is 16.0 Å². The Labute approximate surface area is 126 Å². The predicted octanol–water partition coefficient (Wildman–Crippen LogP) is 3.72. The highest BCUT2D eigenvalue weighted by Crippen LogP contribution is 2.35. The van der Waals surface area contributed by atoms with Crippen molar-refractivity contribution in [1.82, 2.24) is 0 Å². The Kier molecular flexibility index (Phi) is 4.35. The van der Waals surface area contributed by atoms with Gasteiger partial charge in [-0.05, 0) is 52.2 Å². The van der Waals surface area contributed by atoms with Crippen LogP contribution in [0.4, 0.5) is 10.5 Å². The molecule has 0 fully saturated rings. The van der Waals surface area contributed by atoms with E-state index in [1.165, 1.54) is 0 Å².